The van der Waals surface area contributed by atoms with E-state index in [1.165, 1.54) is 11.3 Å². The van der Waals surface area contributed by atoms with Gasteiger partial charge in [-0.25, -0.2) is 4.98 Å². The summed E-state index contributed by atoms with van der Waals surface area (Å²) in [4.78, 5) is 21.5. The maximum atomic E-state index is 12.6. The molecule has 0 aliphatic carbocycles. The number of rotatable bonds is 5. The molecule has 2 aromatic heterocycles. The average Bonchev–Trinajstić information content (AvgIpc) is 3.21. The molecule has 0 saturated carbocycles. The van der Waals surface area contributed by atoms with Crippen molar-refractivity contribution in [2.45, 2.75) is 19.9 Å². The van der Waals surface area contributed by atoms with Gasteiger partial charge in [0.25, 0.3) is 5.91 Å². The van der Waals surface area contributed by atoms with Gasteiger partial charge in [-0.05, 0) is 13.0 Å². The van der Waals surface area contributed by atoms with Crippen LogP contribution >= 0.6 is 11.3 Å². The van der Waals surface area contributed by atoms with E-state index in [1.54, 1.807) is 26.5 Å². The normalized spacial score (nSPS) is 12.0. The number of hydrogen-bond donors (Lipinski definition) is 1. The third-order valence-electron chi connectivity index (χ3n) is 3.48. The number of amides is 1. The first kappa shape index (κ1) is 16.1. The van der Waals surface area contributed by atoms with E-state index in [4.69, 9.17) is 9.26 Å². The highest BCUT2D eigenvalue weighted by atomic mass is 32.1. The lowest BCUT2D eigenvalue weighted by atomic mass is 10.0. The van der Waals surface area contributed by atoms with Gasteiger partial charge in [0, 0.05) is 12.5 Å². The molecule has 0 bridgehead atoms. The number of nitrogens with zero attached hydrogens (tertiary/aromatic N) is 3. The van der Waals surface area contributed by atoms with Crippen LogP contribution < -0.4 is 10.1 Å². The number of carbonyl (C=O) groups is 1. The number of aryl methyl sites for hydroxylation is 2. The standard InChI is InChI=1S/C16H16N4O3S/c1-9-14(24-8-17-9)16(21)19-13(15-18-10(2)23-20-15)11-6-4-5-7-12(11)22-3/h4-8,13H,1-3H3,(H,19,21)/t13-/m0/s1. The Balaban J connectivity index is 2.00. The first-order chi connectivity index (χ1) is 11.6. The lowest BCUT2D eigenvalue weighted by Gasteiger charge is -2.18. The minimum Gasteiger partial charge on any atom is -0.496 e. The highest BCUT2D eigenvalue weighted by Crippen LogP contribution is 2.29. The lowest BCUT2D eigenvalue weighted by Crippen LogP contribution is -2.30. The van der Waals surface area contributed by atoms with Crippen LogP contribution in [0.4, 0.5) is 0 Å². The fraction of sp³-hybridized carbons (Fsp3) is 0.250. The van der Waals surface area contributed by atoms with Crippen molar-refractivity contribution >= 4 is 17.2 Å². The number of hydrogen-bond acceptors (Lipinski definition) is 7. The van der Waals surface area contributed by atoms with E-state index in [0.29, 0.717) is 28.0 Å². The van der Waals surface area contributed by atoms with Crippen molar-refractivity contribution in [3.8, 4) is 5.75 Å². The maximum Gasteiger partial charge on any atom is 0.264 e. The third-order valence-corrected chi connectivity index (χ3v) is 4.41. The molecule has 0 saturated heterocycles. The van der Waals surface area contributed by atoms with Crippen LogP contribution in [0.1, 0.15) is 38.7 Å². The van der Waals surface area contributed by atoms with E-state index in [0.717, 1.165) is 5.56 Å². The second kappa shape index (κ2) is 6.79. The Labute approximate surface area is 142 Å². The Morgan fingerprint density at radius 2 is 2.12 bits per heavy atom. The Morgan fingerprint density at radius 1 is 1.33 bits per heavy atom. The summed E-state index contributed by atoms with van der Waals surface area (Å²) in [7, 11) is 1.58. The molecule has 24 heavy (non-hydrogen) atoms. The molecule has 3 rings (SSSR count). The molecule has 1 N–H and O–H groups in total. The molecule has 1 atom stereocenters. The molecule has 0 fully saturated rings. The zero-order valence-corrected chi connectivity index (χ0v) is 14.3. The van der Waals surface area contributed by atoms with E-state index in [2.05, 4.69) is 20.4 Å². The number of methoxy groups -OCH3 is 1. The van der Waals surface area contributed by atoms with Gasteiger partial charge in [-0.3, -0.25) is 4.79 Å². The van der Waals surface area contributed by atoms with Gasteiger partial charge in [-0.15, -0.1) is 11.3 Å². The molecule has 0 aliphatic rings. The maximum absolute atomic E-state index is 12.6. The summed E-state index contributed by atoms with van der Waals surface area (Å²) in [5.41, 5.74) is 3.07. The second-order valence-electron chi connectivity index (χ2n) is 5.09. The van der Waals surface area contributed by atoms with Crippen LogP contribution in [0, 0.1) is 13.8 Å². The Morgan fingerprint density at radius 3 is 2.75 bits per heavy atom. The molecular weight excluding hydrogens is 328 g/mol. The van der Waals surface area contributed by atoms with Crippen molar-refractivity contribution in [1.29, 1.82) is 0 Å². The zero-order valence-electron chi connectivity index (χ0n) is 13.4. The molecule has 124 valence electrons. The minimum absolute atomic E-state index is 0.242. The summed E-state index contributed by atoms with van der Waals surface area (Å²) in [6, 6.07) is 6.80. The summed E-state index contributed by atoms with van der Waals surface area (Å²) in [5, 5.41) is 6.90. The first-order valence-electron chi connectivity index (χ1n) is 7.24. The Kier molecular flexibility index (Phi) is 4.57. The van der Waals surface area contributed by atoms with Gasteiger partial charge in [-0.1, -0.05) is 23.4 Å². The van der Waals surface area contributed by atoms with Crippen molar-refractivity contribution < 1.29 is 14.1 Å². The summed E-state index contributed by atoms with van der Waals surface area (Å²) in [6.07, 6.45) is 0. The molecule has 0 unspecified atom stereocenters. The molecule has 0 spiro atoms. The number of carbonyl (C=O) groups excluding carboxylic acids is 1. The van der Waals surface area contributed by atoms with Gasteiger partial charge in [0.1, 0.15) is 16.7 Å². The van der Waals surface area contributed by atoms with Crippen molar-refractivity contribution in [1.82, 2.24) is 20.4 Å². The zero-order chi connectivity index (χ0) is 17.1. The van der Waals surface area contributed by atoms with Gasteiger partial charge < -0.3 is 14.6 Å². The number of aromatic nitrogens is 3. The molecule has 7 nitrogen and oxygen atoms in total. The van der Waals surface area contributed by atoms with Gasteiger partial charge in [0.2, 0.25) is 5.89 Å². The van der Waals surface area contributed by atoms with E-state index in [9.17, 15) is 4.79 Å². The molecule has 1 aromatic carbocycles. The first-order valence-corrected chi connectivity index (χ1v) is 8.12. The highest BCUT2D eigenvalue weighted by molar-refractivity contribution is 7.11. The monoisotopic (exact) mass is 344 g/mol. The minimum atomic E-state index is -0.590. The SMILES string of the molecule is COc1ccccc1[C@H](NC(=O)c1scnc1C)c1noc(C)n1. The highest BCUT2D eigenvalue weighted by Gasteiger charge is 2.26. The predicted molar refractivity (Wildman–Crippen MR) is 88.2 cm³/mol. The van der Waals surface area contributed by atoms with Crippen LogP contribution in [0.3, 0.4) is 0 Å². The number of ether oxygens (including phenoxy) is 1. The summed E-state index contributed by atoms with van der Waals surface area (Å²) in [6.45, 7) is 3.49. The van der Waals surface area contributed by atoms with Gasteiger partial charge in [0.05, 0.1) is 18.3 Å². The molecule has 0 aliphatic heterocycles. The van der Waals surface area contributed by atoms with Crippen LogP contribution in [-0.4, -0.2) is 28.1 Å². The van der Waals surface area contributed by atoms with E-state index in [-0.39, 0.29) is 5.91 Å². The van der Waals surface area contributed by atoms with Crippen LogP contribution in [0.2, 0.25) is 0 Å². The Hall–Kier alpha value is -2.74. The number of para-hydroxylation sites is 1. The van der Waals surface area contributed by atoms with Crippen LogP contribution in [-0.2, 0) is 0 Å². The van der Waals surface area contributed by atoms with E-state index >= 15 is 0 Å². The quantitative estimate of drug-likeness (QED) is 0.765. The van der Waals surface area contributed by atoms with Crippen molar-refractivity contribution in [3.63, 3.8) is 0 Å². The molecule has 2 heterocycles. The van der Waals surface area contributed by atoms with E-state index in [1.807, 2.05) is 24.3 Å². The third kappa shape index (κ3) is 3.13. The fourth-order valence-electron chi connectivity index (χ4n) is 2.33. The summed E-state index contributed by atoms with van der Waals surface area (Å²) in [5.74, 6) is 1.18. The summed E-state index contributed by atoms with van der Waals surface area (Å²) >= 11 is 1.29. The van der Waals surface area contributed by atoms with Crippen molar-refractivity contribution in [2.24, 2.45) is 0 Å². The molecule has 8 heteroatoms. The van der Waals surface area contributed by atoms with Gasteiger partial charge in [0.15, 0.2) is 5.82 Å². The molecular formula is C16H16N4O3S. The molecule has 3 aromatic rings. The van der Waals surface area contributed by atoms with Crippen LogP contribution in [0.5, 0.6) is 5.75 Å². The van der Waals surface area contributed by atoms with Crippen LogP contribution in [0.25, 0.3) is 0 Å². The largest absolute Gasteiger partial charge is 0.496 e. The fourth-order valence-corrected chi connectivity index (χ4v) is 3.04. The predicted octanol–water partition coefficient (Wildman–Crippen LogP) is 2.67. The average molecular weight is 344 g/mol. The number of nitrogens with one attached hydrogen (secondary N) is 1. The van der Waals surface area contributed by atoms with E-state index < -0.39 is 6.04 Å². The topological polar surface area (TPSA) is 90.1 Å². The number of benzene rings is 1. The smallest absolute Gasteiger partial charge is 0.264 e. The Bertz CT molecular complexity index is 858. The second-order valence-corrected chi connectivity index (χ2v) is 5.94. The molecule has 0 radical (unpaired) electrons. The lowest BCUT2D eigenvalue weighted by molar-refractivity contribution is 0.0944. The summed E-state index contributed by atoms with van der Waals surface area (Å²) < 4.78 is 10.5. The van der Waals surface area contributed by atoms with Gasteiger partial charge in [-0.2, -0.15) is 4.98 Å². The molecule has 1 amide bonds. The van der Waals surface area contributed by atoms with Gasteiger partial charge >= 0.3 is 0 Å². The van der Waals surface area contributed by atoms with Crippen molar-refractivity contribution in [2.75, 3.05) is 7.11 Å². The van der Waals surface area contributed by atoms with Crippen molar-refractivity contribution in [3.05, 3.63) is 57.6 Å². The van der Waals surface area contributed by atoms with Crippen LogP contribution in [0.15, 0.2) is 34.3 Å². The number of thiazole rings is 1.